The van der Waals surface area contributed by atoms with E-state index in [0.717, 1.165) is 43.3 Å². The van der Waals surface area contributed by atoms with Crippen molar-refractivity contribution in [3.8, 4) is 5.75 Å². The van der Waals surface area contributed by atoms with Crippen molar-refractivity contribution >= 4 is 5.69 Å². The van der Waals surface area contributed by atoms with Crippen LogP contribution in [-0.4, -0.2) is 38.3 Å². The maximum atomic E-state index is 5.89. The number of nitrogens with zero attached hydrogens (tertiary/aromatic N) is 1. The second-order valence-corrected chi connectivity index (χ2v) is 5.58. The Morgan fingerprint density at radius 2 is 2.30 bits per heavy atom. The van der Waals surface area contributed by atoms with Gasteiger partial charge in [0, 0.05) is 30.9 Å². The fourth-order valence-corrected chi connectivity index (χ4v) is 2.77. The predicted octanol–water partition coefficient (Wildman–Crippen LogP) is 2.53. The minimum absolute atomic E-state index is 0.644. The van der Waals surface area contributed by atoms with E-state index in [4.69, 9.17) is 15.2 Å². The summed E-state index contributed by atoms with van der Waals surface area (Å²) in [6.45, 7) is 6.40. The lowest BCUT2D eigenvalue weighted by Crippen LogP contribution is -2.30. The maximum Gasteiger partial charge on any atom is 0.123 e. The Kier molecular flexibility index (Phi) is 5.68. The molecule has 4 heteroatoms. The zero-order chi connectivity index (χ0) is 14.4. The van der Waals surface area contributed by atoms with Crippen molar-refractivity contribution in [3.63, 3.8) is 0 Å². The normalized spacial score (nSPS) is 19.2. The smallest absolute Gasteiger partial charge is 0.123 e. The van der Waals surface area contributed by atoms with Gasteiger partial charge in [-0.2, -0.15) is 0 Å². The fraction of sp³-hybridized carbons (Fsp3) is 0.625. The van der Waals surface area contributed by atoms with Gasteiger partial charge in [0.2, 0.25) is 0 Å². The average Bonchev–Trinajstić information content (AvgIpc) is 2.43. The van der Waals surface area contributed by atoms with Crippen LogP contribution in [0.5, 0.6) is 5.75 Å². The van der Waals surface area contributed by atoms with Gasteiger partial charge in [-0.3, -0.25) is 0 Å². The number of ether oxygens (including phenoxy) is 2. The fourth-order valence-electron chi connectivity index (χ4n) is 2.77. The Balaban J connectivity index is 1.95. The highest BCUT2D eigenvalue weighted by Gasteiger charge is 2.16. The number of benzene rings is 1. The van der Waals surface area contributed by atoms with Crippen LogP contribution >= 0.6 is 0 Å². The molecule has 0 aromatic heterocycles. The molecule has 4 nitrogen and oxygen atoms in total. The van der Waals surface area contributed by atoms with Crippen LogP contribution in [0.3, 0.4) is 0 Å². The number of hydrogen-bond acceptors (Lipinski definition) is 4. The van der Waals surface area contributed by atoms with Crippen LogP contribution in [0.25, 0.3) is 0 Å². The molecule has 1 atom stereocenters. The summed E-state index contributed by atoms with van der Waals surface area (Å²) in [5.41, 5.74) is 7.84. The van der Waals surface area contributed by atoms with Crippen LogP contribution in [-0.2, 0) is 11.3 Å². The summed E-state index contributed by atoms with van der Waals surface area (Å²) in [5, 5.41) is 0. The molecule has 0 spiro atoms. The Morgan fingerprint density at radius 3 is 3.00 bits per heavy atom. The third kappa shape index (κ3) is 4.39. The third-order valence-electron chi connectivity index (χ3n) is 3.65. The molecule has 1 aromatic rings. The molecule has 1 heterocycles. The van der Waals surface area contributed by atoms with Gasteiger partial charge in [-0.25, -0.2) is 0 Å². The molecule has 0 saturated carbocycles. The summed E-state index contributed by atoms with van der Waals surface area (Å²) in [7, 11) is 2.15. The molecule has 0 aliphatic carbocycles. The quantitative estimate of drug-likeness (QED) is 0.812. The van der Waals surface area contributed by atoms with Gasteiger partial charge in [0.1, 0.15) is 5.75 Å². The van der Waals surface area contributed by atoms with Crippen LogP contribution in [0.2, 0.25) is 0 Å². The van der Waals surface area contributed by atoms with Crippen molar-refractivity contribution in [2.75, 3.05) is 39.1 Å². The number of nitrogen functional groups attached to an aromatic ring is 1. The highest BCUT2D eigenvalue weighted by Crippen LogP contribution is 2.24. The SMILES string of the molecule is CCOc1ccc(N)cc1CN(C)CC1CCCOC1. The zero-order valence-electron chi connectivity index (χ0n) is 12.6. The van der Waals surface area contributed by atoms with E-state index in [-0.39, 0.29) is 0 Å². The maximum absolute atomic E-state index is 5.89. The standard InChI is InChI=1S/C16H26N2O2/c1-3-20-16-7-6-15(17)9-14(16)11-18(2)10-13-5-4-8-19-12-13/h6-7,9,13H,3-5,8,10-12,17H2,1-2H3. The summed E-state index contributed by atoms with van der Waals surface area (Å²) in [6.07, 6.45) is 2.45. The molecule has 1 unspecified atom stereocenters. The molecule has 0 radical (unpaired) electrons. The van der Waals surface area contributed by atoms with E-state index in [2.05, 4.69) is 11.9 Å². The molecule has 1 saturated heterocycles. The van der Waals surface area contributed by atoms with Crippen molar-refractivity contribution in [3.05, 3.63) is 23.8 Å². The molecule has 112 valence electrons. The predicted molar refractivity (Wildman–Crippen MR) is 81.9 cm³/mol. The minimum Gasteiger partial charge on any atom is -0.494 e. The summed E-state index contributed by atoms with van der Waals surface area (Å²) in [4.78, 5) is 2.33. The van der Waals surface area contributed by atoms with Gasteiger partial charge in [-0.1, -0.05) is 0 Å². The van der Waals surface area contributed by atoms with Crippen LogP contribution in [0.15, 0.2) is 18.2 Å². The number of rotatable bonds is 6. The second kappa shape index (κ2) is 7.50. The van der Waals surface area contributed by atoms with Gasteiger partial charge in [0.15, 0.2) is 0 Å². The molecule has 1 aliphatic rings. The van der Waals surface area contributed by atoms with Gasteiger partial charge in [0.25, 0.3) is 0 Å². The largest absolute Gasteiger partial charge is 0.494 e. The first-order valence-corrected chi connectivity index (χ1v) is 7.46. The van der Waals surface area contributed by atoms with Crippen LogP contribution in [0.1, 0.15) is 25.3 Å². The van der Waals surface area contributed by atoms with Gasteiger partial charge >= 0.3 is 0 Å². The highest BCUT2D eigenvalue weighted by atomic mass is 16.5. The van der Waals surface area contributed by atoms with Crippen molar-refractivity contribution in [1.29, 1.82) is 0 Å². The molecule has 2 N–H and O–H groups in total. The molecule has 2 rings (SSSR count). The first kappa shape index (κ1) is 15.1. The van der Waals surface area contributed by atoms with Crippen molar-refractivity contribution in [1.82, 2.24) is 4.90 Å². The summed E-state index contributed by atoms with van der Waals surface area (Å²) in [6, 6.07) is 5.87. The van der Waals surface area contributed by atoms with Crippen LogP contribution < -0.4 is 10.5 Å². The third-order valence-corrected chi connectivity index (χ3v) is 3.65. The molecular weight excluding hydrogens is 252 g/mol. The summed E-state index contributed by atoms with van der Waals surface area (Å²) in [5.74, 6) is 1.58. The van der Waals surface area contributed by atoms with E-state index in [1.165, 1.54) is 12.8 Å². The number of hydrogen-bond donors (Lipinski definition) is 1. The average molecular weight is 278 g/mol. The first-order chi connectivity index (χ1) is 9.69. The first-order valence-electron chi connectivity index (χ1n) is 7.46. The molecular formula is C16H26N2O2. The monoisotopic (exact) mass is 278 g/mol. The van der Waals surface area contributed by atoms with Gasteiger partial charge in [0.05, 0.1) is 13.2 Å². The van der Waals surface area contributed by atoms with E-state index in [1.807, 2.05) is 25.1 Å². The molecule has 20 heavy (non-hydrogen) atoms. The Labute approximate surface area is 121 Å². The van der Waals surface area contributed by atoms with Crippen molar-refractivity contribution < 1.29 is 9.47 Å². The number of nitrogens with two attached hydrogens (primary N) is 1. The lowest BCUT2D eigenvalue weighted by Gasteiger charge is -2.27. The Hall–Kier alpha value is -1.26. The van der Waals surface area contributed by atoms with Crippen molar-refractivity contribution in [2.45, 2.75) is 26.3 Å². The van der Waals surface area contributed by atoms with E-state index in [9.17, 15) is 0 Å². The molecule has 1 aromatic carbocycles. The molecule has 1 fully saturated rings. The number of anilines is 1. The van der Waals surface area contributed by atoms with Crippen LogP contribution in [0.4, 0.5) is 5.69 Å². The van der Waals surface area contributed by atoms with Crippen LogP contribution in [0, 0.1) is 5.92 Å². The molecule has 0 bridgehead atoms. The lowest BCUT2D eigenvalue weighted by atomic mass is 10.0. The van der Waals surface area contributed by atoms with E-state index >= 15 is 0 Å². The van der Waals surface area contributed by atoms with E-state index < -0.39 is 0 Å². The van der Waals surface area contributed by atoms with E-state index in [0.29, 0.717) is 12.5 Å². The summed E-state index contributed by atoms with van der Waals surface area (Å²) < 4.78 is 11.2. The lowest BCUT2D eigenvalue weighted by molar-refractivity contribution is 0.0410. The summed E-state index contributed by atoms with van der Waals surface area (Å²) >= 11 is 0. The van der Waals surface area contributed by atoms with Gasteiger partial charge in [-0.05, 0) is 50.9 Å². The zero-order valence-corrected chi connectivity index (χ0v) is 12.6. The topological polar surface area (TPSA) is 47.7 Å². The Bertz CT molecular complexity index is 417. The van der Waals surface area contributed by atoms with E-state index in [1.54, 1.807) is 0 Å². The molecule has 1 aliphatic heterocycles. The second-order valence-electron chi connectivity index (χ2n) is 5.58. The highest BCUT2D eigenvalue weighted by molar-refractivity contribution is 5.47. The van der Waals surface area contributed by atoms with Crippen molar-refractivity contribution in [2.24, 2.45) is 5.92 Å². The minimum atomic E-state index is 0.644. The van der Waals surface area contributed by atoms with Gasteiger partial charge < -0.3 is 20.1 Å². The Morgan fingerprint density at radius 1 is 1.45 bits per heavy atom. The molecule has 0 amide bonds. The van der Waals surface area contributed by atoms with Gasteiger partial charge in [-0.15, -0.1) is 0 Å².